The van der Waals surface area contributed by atoms with E-state index in [0.717, 1.165) is 25.3 Å². The van der Waals surface area contributed by atoms with Crippen LogP contribution < -0.4 is 0 Å². The van der Waals surface area contributed by atoms with Gasteiger partial charge in [0.05, 0.1) is 11.1 Å². The fraction of sp³-hybridized carbons (Fsp3) is 0.500. The summed E-state index contributed by atoms with van der Waals surface area (Å²) in [6.07, 6.45) is 0.480. The van der Waals surface area contributed by atoms with Crippen molar-refractivity contribution in [3.8, 4) is 0 Å². The molecule has 0 unspecified atom stereocenters. The minimum atomic E-state index is -4.43. The molecule has 0 bridgehead atoms. The Balaban J connectivity index is 2.57. The molecule has 0 N–H and O–H groups in total. The van der Waals surface area contributed by atoms with Gasteiger partial charge in [0.1, 0.15) is 0 Å². The van der Waals surface area contributed by atoms with E-state index in [2.05, 4.69) is 4.99 Å². The summed E-state index contributed by atoms with van der Waals surface area (Å²) in [6, 6.07) is 5.38. The number of isocyanates is 1. The van der Waals surface area contributed by atoms with Crippen LogP contribution in [0.4, 0.5) is 13.2 Å². The van der Waals surface area contributed by atoms with Crippen molar-refractivity contribution in [2.24, 2.45) is 4.99 Å². The number of rotatable bonds is 2. The largest absolute Gasteiger partial charge is 0.416 e. The van der Waals surface area contributed by atoms with Crippen LogP contribution in [0.1, 0.15) is 43.2 Å². The molecular weight excluding hydrogens is 255 g/mol. The lowest BCUT2D eigenvalue weighted by Crippen LogP contribution is -2.29. The highest BCUT2D eigenvalue weighted by Crippen LogP contribution is 2.45. The molecule has 1 fully saturated rings. The maximum atomic E-state index is 13.1. The average Bonchev–Trinajstić information content (AvgIpc) is 2.39. The molecular formula is C14H14F3NO. The third-order valence-corrected chi connectivity index (χ3v) is 3.67. The summed E-state index contributed by atoms with van der Waals surface area (Å²) in [4.78, 5) is 14.4. The van der Waals surface area contributed by atoms with Gasteiger partial charge in [-0.25, -0.2) is 4.79 Å². The van der Waals surface area contributed by atoms with Gasteiger partial charge in [-0.05, 0) is 24.5 Å². The lowest BCUT2D eigenvalue weighted by Gasteiger charge is -2.34. The van der Waals surface area contributed by atoms with E-state index in [1.54, 1.807) is 6.07 Å². The molecule has 2 rings (SSSR count). The number of carbonyl (C=O) groups excluding carboxylic acids is 1. The second-order valence-electron chi connectivity index (χ2n) is 4.84. The molecule has 1 aromatic carbocycles. The molecule has 0 heterocycles. The molecule has 1 aromatic rings. The fourth-order valence-electron chi connectivity index (χ4n) is 2.80. The third kappa shape index (κ3) is 2.71. The molecule has 1 saturated carbocycles. The van der Waals surface area contributed by atoms with Crippen molar-refractivity contribution in [3.63, 3.8) is 0 Å². The predicted octanol–water partition coefficient (Wildman–Crippen LogP) is 4.20. The monoisotopic (exact) mass is 269 g/mol. The van der Waals surface area contributed by atoms with Crippen molar-refractivity contribution in [1.82, 2.24) is 0 Å². The fourth-order valence-corrected chi connectivity index (χ4v) is 2.80. The van der Waals surface area contributed by atoms with E-state index in [1.165, 1.54) is 18.2 Å². The zero-order chi connectivity index (χ0) is 13.9. The highest BCUT2D eigenvalue weighted by Gasteiger charge is 2.42. The molecule has 0 atom stereocenters. The molecule has 0 radical (unpaired) electrons. The molecule has 1 aliphatic carbocycles. The number of benzene rings is 1. The first-order valence-electron chi connectivity index (χ1n) is 6.25. The smallest absolute Gasteiger partial charge is 0.211 e. The normalized spacial score (nSPS) is 18.7. The van der Waals surface area contributed by atoms with Crippen LogP contribution in [-0.4, -0.2) is 6.08 Å². The molecule has 19 heavy (non-hydrogen) atoms. The Labute approximate surface area is 109 Å². The molecule has 102 valence electrons. The molecule has 0 aromatic heterocycles. The number of hydrogen-bond donors (Lipinski definition) is 0. The maximum absolute atomic E-state index is 13.1. The third-order valence-electron chi connectivity index (χ3n) is 3.67. The van der Waals surface area contributed by atoms with E-state index in [0.29, 0.717) is 12.8 Å². The number of halogens is 3. The summed E-state index contributed by atoms with van der Waals surface area (Å²) in [5.74, 6) is 0. The van der Waals surface area contributed by atoms with Gasteiger partial charge in [-0.3, -0.25) is 0 Å². The van der Waals surface area contributed by atoms with E-state index in [1.807, 2.05) is 0 Å². The minimum absolute atomic E-state index is 0.102. The summed E-state index contributed by atoms with van der Waals surface area (Å²) in [6.45, 7) is 0. The summed E-state index contributed by atoms with van der Waals surface area (Å²) >= 11 is 0. The van der Waals surface area contributed by atoms with Crippen LogP contribution in [0.25, 0.3) is 0 Å². The van der Waals surface area contributed by atoms with E-state index >= 15 is 0 Å². The number of nitrogens with zero attached hydrogens (tertiary/aromatic N) is 1. The summed E-state index contributed by atoms with van der Waals surface area (Å²) in [5.41, 5.74) is -1.65. The number of aliphatic imine (C=N–C) groups is 1. The Kier molecular flexibility index (Phi) is 3.76. The quantitative estimate of drug-likeness (QED) is 0.584. The predicted molar refractivity (Wildman–Crippen MR) is 64.3 cm³/mol. The van der Waals surface area contributed by atoms with E-state index < -0.39 is 17.3 Å². The second-order valence-corrected chi connectivity index (χ2v) is 4.84. The Morgan fingerprint density at radius 3 is 2.32 bits per heavy atom. The standard InChI is InChI=1S/C14H14F3NO/c15-14(16,17)12-7-3-2-6-11(12)13(18-10-19)8-4-1-5-9-13/h2-3,6-7H,1,4-5,8-9H2. The van der Waals surface area contributed by atoms with E-state index in [9.17, 15) is 18.0 Å². The summed E-state index contributed by atoms with van der Waals surface area (Å²) in [7, 11) is 0. The Morgan fingerprint density at radius 1 is 1.11 bits per heavy atom. The van der Waals surface area contributed by atoms with E-state index in [-0.39, 0.29) is 5.56 Å². The van der Waals surface area contributed by atoms with Crippen LogP contribution in [0.15, 0.2) is 29.3 Å². The van der Waals surface area contributed by atoms with Gasteiger partial charge >= 0.3 is 6.18 Å². The summed E-state index contributed by atoms with van der Waals surface area (Å²) < 4.78 is 39.2. The molecule has 1 aliphatic rings. The maximum Gasteiger partial charge on any atom is 0.416 e. The van der Waals surface area contributed by atoms with Crippen LogP contribution >= 0.6 is 0 Å². The van der Waals surface area contributed by atoms with Gasteiger partial charge in [-0.2, -0.15) is 18.2 Å². The topological polar surface area (TPSA) is 29.4 Å². The van der Waals surface area contributed by atoms with Crippen LogP contribution in [0.2, 0.25) is 0 Å². The van der Waals surface area contributed by atoms with Crippen LogP contribution in [0, 0.1) is 0 Å². The number of alkyl halides is 3. The van der Waals surface area contributed by atoms with Crippen molar-refractivity contribution in [2.75, 3.05) is 0 Å². The van der Waals surface area contributed by atoms with Gasteiger partial charge in [0.15, 0.2) is 0 Å². The highest BCUT2D eigenvalue weighted by molar-refractivity contribution is 5.42. The van der Waals surface area contributed by atoms with Gasteiger partial charge in [-0.15, -0.1) is 0 Å². The Morgan fingerprint density at radius 2 is 1.74 bits per heavy atom. The average molecular weight is 269 g/mol. The van der Waals surface area contributed by atoms with Crippen molar-refractivity contribution in [3.05, 3.63) is 35.4 Å². The van der Waals surface area contributed by atoms with Gasteiger partial charge in [0, 0.05) is 0 Å². The molecule has 0 amide bonds. The SMILES string of the molecule is O=C=NC1(c2ccccc2C(F)(F)F)CCCCC1. The van der Waals surface area contributed by atoms with Crippen molar-refractivity contribution in [1.29, 1.82) is 0 Å². The van der Waals surface area contributed by atoms with Crippen LogP contribution in [-0.2, 0) is 16.5 Å². The zero-order valence-corrected chi connectivity index (χ0v) is 10.3. The molecule has 0 spiro atoms. The minimum Gasteiger partial charge on any atom is -0.211 e. The van der Waals surface area contributed by atoms with Crippen molar-refractivity contribution in [2.45, 2.75) is 43.8 Å². The van der Waals surface area contributed by atoms with Gasteiger partial charge < -0.3 is 0 Å². The van der Waals surface area contributed by atoms with Crippen molar-refractivity contribution < 1.29 is 18.0 Å². The lowest BCUT2D eigenvalue weighted by molar-refractivity contribution is -0.139. The first kappa shape index (κ1) is 13.8. The van der Waals surface area contributed by atoms with Crippen LogP contribution in [0.5, 0.6) is 0 Å². The molecule has 0 saturated heterocycles. The van der Waals surface area contributed by atoms with Crippen molar-refractivity contribution >= 4 is 6.08 Å². The Bertz CT molecular complexity index is 498. The molecule has 2 nitrogen and oxygen atoms in total. The first-order valence-corrected chi connectivity index (χ1v) is 6.25. The summed E-state index contributed by atoms with van der Waals surface area (Å²) in [5, 5.41) is 0. The van der Waals surface area contributed by atoms with Crippen LogP contribution in [0.3, 0.4) is 0 Å². The lowest BCUT2D eigenvalue weighted by atomic mass is 9.75. The Hall–Kier alpha value is -1.61. The molecule has 0 aliphatic heterocycles. The van der Waals surface area contributed by atoms with Gasteiger partial charge in [-0.1, -0.05) is 37.5 Å². The van der Waals surface area contributed by atoms with E-state index in [4.69, 9.17) is 0 Å². The first-order chi connectivity index (χ1) is 8.99. The highest BCUT2D eigenvalue weighted by atomic mass is 19.4. The molecule has 5 heteroatoms. The zero-order valence-electron chi connectivity index (χ0n) is 10.3. The number of hydrogen-bond acceptors (Lipinski definition) is 2. The second kappa shape index (κ2) is 5.17. The van der Waals surface area contributed by atoms with Gasteiger partial charge in [0.25, 0.3) is 0 Å². The van der Waals surface area contributed by atoms with Gasteiger partial charge in [0.2, 0.25) is 6.08 Å².